The first-order valence-electron chi connectivity index (χ1n) is 4.81. The molecule has 0 bridgehead atoms. The molecule has 0 saturated heterocycles. The molecule has 4 nitrogen and oxygen atoms in total. The van der Waals surface area contributed by atoms with Gasteiger partial charge in [0.2, 0.25) is 0 Å². The molecule has 0 aromatic carbocycles. The van der Waals surface area contributed by atoms with Gasteiger partial charge in [-0.3, -0.25) is 0 Å². The van der Waals surface area contributed by atoms with E-state index < -0.39 is 0 Å². The predicted octanol–water partition coefficient (Wildman–Crippen LogP) is 0.975. The minimum atomic E-state index is 0.0579. The van der Waals surface area contributed by atoms with Gasteiger partial charge in [-0.1, -0.05) is 0 Å². The van der Waals surface area contributed by atoms with Crippen molar-refractivity contribution in [2.75, 3.05) is 13.2 Å². The van der Waals surface area contributed by atoms with Crippen molar-refractivity contribution in [3.05, 3.63) is 0 Å². The lowest BCUT2D eigenvalue weighted by Crippen LogP contribution is -2.15. The number of aldehydes is 2. The van der Waals surface area contributed by atoms with Gasteiger partial charge in [0, 0.05) is 0 Å². The molecule has 0 aliphatic heterocycles. The quantitative estimate of drug-likeness (QED) is 0.523. The molecule has 4 heteroatoms. The van der Waals surface area contributed by atoms with Crippen molar-refractivity contribution < 1.29 is 19.1 Å². The molecule has 0 amide bonds. The molecule has 14 heavy (non-hydrogen) atoms. The Bertz CT molecular complexity index is 140. The van der Waals surface area contributed by atoms with Crippen LogP contribution in [0.5, 0.6) is 0 Å². The Morgan fingerprint density at radius 3 is 1.57 bits per heavy atom. The topological polar surface area (TPSA) is 52.6 Å². The number of hydrogen-bond donors (Lipinski definition) is 0. The average molecular weight is 202 g/mol. The van der Waals surface area contributed by atoms with Crippen LogP contribution < -0.4 is 0 Å². The predicted molar refractivity (Wildman–Crippen MR) is 52.2 cm³/mol. The molecule has 0 rings (SSSR count). The summed E-state index contributed by atoms with van der Waals surface area (Å²) < 4.78 is 10.3. The fraction of sp³-hybridized carbons (Fsp3) is 0.800. The van der Waals surface area contributed by atoms with Gasteiger partial charge in [0.05, 0.1) is 12.2 Å². The van der Waals surface area contributed by atoms with E-state index in [1.165, 1.54) is 0 Å². The molecule has 0 aromatic heterocycles. The first-order valence-corrected chi connectivity index (χ1v) is 4.81. The van der Waals surface area contributed by atoms with Crippen LogP contribution in [-0.2, 0) is 19.1 Å². The summed E-state index contributed by atoms with van der Waals surface area (Å²) in [5.41, 5.74) is 0. The van der Waals surface area contributed by atoms with Crippen molar-refractivity contribution in [2.45, 2.75) is 38.9 Å². The Morgan fingerprint density at radius 1 is 0.929 bits per heavy atom. The number of ether oxygens (including phenoxy) is 2. The van der Waals surface area contributed by atoms with E-state index in [-0.39, 0.29) is 25.4 Å². The summed E-state index contributed by atoms with van der Waals surface area (Å²) in [6, 6.07) is 0. The SMILES string of the molecule is C[C@H](CC[C@@H](C)OCC=O)OCC=O. The summed E-state index contributed by atoms with van der Waals surface area (Å²) in [5, 5.41) is 0. The van der Waals surface area contributed by atoms with Crippen LogP contribution in [0, 0.1) is 0 Å². The summed E-state index contributed by atoms with van der Waals surface area (Å²) in [6.07, 6.45) is 3.25. The van der Waals surface area contributed by atoms with E-state index in [2.05, 4.69) is 0 Å². The lowest BCUT2D eigenvalue weighted by Gasteiger charge is -2.14. The molecule has 2 atom stereocenters. The van der Waals surface area contributed by atoms with Gasteiger partial charge in [-0.15, -0.1) is 0 Å². The number of hydrogen-bond acceptors (Lipinski definition) is 4. The summed E-state index contributed by atoms with van der Waals surface area (Å²) in [7, 11) is 0. The second-order valence-electron chi connectivity index (χ2n) is 3.20. The fourth-order valence-electron chi connectivity index (χ4n) is 1.04. The van der Waals surface area contributed by atoms with Gasteiger partial charge in [-0.05, 0) is 26.7 Å². The van der Waals surface area contributed by atoms with E-state index in [1.807, 2.05) is 13.8 Å². The lowest BCUT2D eigenvalue weighted by atomic mass is 10.1. The fourth-order valence-corrected chi connectivity index (χ4v) is 1.04. The van der Waals surface area contributed by atoms with Crippen molar-refractivity contribution in [1.82, 2.24) is 0 Å². The number of carbonyl (C=O) groups is 2. The van der Waals surface area contributed by atoms with Gasteiger partial charge in [-0.2, -0.15) is 0 Å². The summed E-state index contributed by atoms with van der Waals surface area (Å²) >= 11 is 0. The highest BCUT2D eigenvalue weighted by Crippen LogP contribution is 2.06. The Kier molecular flexibility index (Phi) is 8.37. The van der Waals surface area contributed by atoms with Crippen molar-refractivity contribution in [1.29, 1.82) is 0 Å². The third-order valence-corrected chi connectivity index (χ3v) is 1.88. The van der Waals surface area contributed by atoms with Crippen LogP contribution >= 0.6 is 0 Å². The summed E-state index contributed by atoms with van der Waals surface area (Å²) in [5.74, 6) is 0. The van der Waals surface area contributed by atoms with Crippen LogP contribution in [0.4, 0.5) is 0 Å². The molecule has 82 valence electrons. The van der Waals surface area contributed by atoms with Crippen LogP contribution in [0.15, 0.2) is 0 Å². The molecular formula is C10H18O4. The zero-order valence-electron chi connectivity index (χ0n) is 8.77. The van der Waals surface area contributed by atoms with Gasteiger partial charge in [-0.25, -0.2) is 0 Å². The van der Waals surface area contributed by atoms with Crippen molar-refractivity contribution in [3.8, 4) is 0 Å². The van der Waals surface area contributed by atoms with Crippen molar-refractivity contribution in [2.24, 2.45) is 0 Å². The summed E-state index contributed by atoms with van der Waals surface area (Å²) in [6.45, 7) is 4.11. The highest BCUT2D eigenvalue weighted by atomic mass is 16.5. The Balaban J connectivity index is 3.39. The van der Waals surface area contributed by atoms with Crippen molar-refractivity contribution in [3.63, 3.8) is 0 Å². The van der Waals surface area contributed by atoms with Gasteiger partial charge < -0.3 is 19.1 Å². The molecule has 0 radical (unpaired) electrons. The van der Waals surface area contributed by atoms with E-state index in [0.717, 1.165) is 25.4 Å². The average Bonchev–Trinajstić information content (AvgIpc) is 2.20. The normalized spacial score (nSPS) is 14.7. The number of carbonyl (C=O) groups excluding carboxylic acids is 2. The van der Waals surface area contributed by atoms with E-state index in [1.54, 1.807) is 0 Å². The smallest absolute Gasteiger partial charge is 0.145 e. The minimum Gasteiger partial charge on any atom is -0.371 e. The molecule has 0 N–H and O–H groups in total. The highest BCUT2D eigenvalue weighted by Gasteiger charge is 2.06. The van der Waals surface area contributed by atoms with Crippen LogP contribution in [0.25, 0.3) is 0 Å². The standard InChI is InChI=1S/C10H18O4/c1-9(13-7-5-11)3-4-10(2)14-8-6-12/h5-6,9-10H,3-4,7-8H2,1-2H3/t9-,10-/m1/s1. The third-order valence-electron chi connectivity index (χ3n) is 1.88. The van der Waals surface area contributed by atoms with Crippen molar-refractivity contribution >= 4 is 12.6 Å². The van der Waals surface area contributed by atoms with E-state index in [9.17, 15) is 9.59 Å². The Morgan fingerprint density at radius 2 is 1.29 bits per heavy atom. The minimum absolute atomic E-state index is 0.0579. The van der Waals surface area contributed by atoms with Crippen LogP contribution in [-0.4, -0.2) is 38.0 Å². The summed E-state index contributed by atoms with van der Waals surface area (Å²) in [4.78, 5) is 20.0. The maximum atomic E-state index is 10.0. The molecule has 0 spiro atoms. The molecule has 0 heterocycles. The second-order valence-corrected chi connectivity index (χ2v) is 3.20. The first kappa shape index (κ1) is 13.3. The molecule has 0 unspecified atom stereocenters. The molecule has 0 aromatic rings. The molecule has 0 fully saturated rings. The van der Waals surface area contributed by atoms with E-state index in [4.69, 9.17) is 9.47 Å². The van der Waals surface area contributed by atoms with Crippen LogP contribution in [0.3, 0.4) is 0 Å². The maximum absolute atomic E-state index is 10.0. The monoisotopic (exact) mass is 202 g/mol. The van der Waals surface area contributed by atoms with Gasteiger partial charge in [0.25, 0.3) is 0 Å². The zero-order chi connectivity index (χ0) is 10.8. The largest absolute Gasteiger partial charge is 0.371 e. The molecular weight excluding hydrogens is 184 g/mol. The maximum Gasteiger partial charge on any atom is 0.145 e. The second kappa shape index (κ2) is 8.84. The molecule has 0 aliphatic carbocycles. The lowest BCUT2D eigenvalue weighted by molar-refractivity contribution is -0.115. The zero-order valence-corrected chi connectivity index (χ0v) is 8.77. The van der Waals surface area contributed by atoms with Gasteiger partial charge in [0.1, 0.15) is 25.8 Å². The number of rotatable bonds is 9. The van der Waals surface area contributed by atoms with Gasteiger partial charge >= 0.3 is 0 Å². The van der Waals surface area contributed by atoms with E-state index >= 15 is 0 Å². The Hall–Kier alpha value is -0.740. The Labute approximate surface area is 84.6 Å². The van der Waals surface area contributed by atoms with E-state index in [0.29, 0.717) is 0 Å². The molecule has 0 saturated carbocycles. The third kappa shape index (κ3) is 7.89. The first-order chi connectivity index (χ1) is 6.70. The van der Waals surface area contributed by atoms with Crippen LogP contribution in [0.2, 0.25) is 0 Å². The van der Waals surface area contributed by atoms with Crippen LogP contribution in [0.1, 0.15) is 26.7 Å². The highest BCUT2D eigenvalue weighted by molar-refractivity contribution is 5.50. The molecule has 0 aliphatic rings. The van der Waals surface area contributed by atoms with Gasteiger partial charge in [0.15, 0.2) is 0 Å².